The average molecular weight is 326 g/mol. The Morgan fingerprint density at radius 1 is 1.55 bits per heavy atom. The van der Waals surface area contributed by atoms with Crippen LogP contribution in [0.25, 0.3) is 0 Å². The van der Waals surface area contributed by atoms with E-state index in [1.165, 1.54) is 0 Å². The Labute approximate surface area is 137 Å². The van der Waals surface area contributed by atoms with Gasteiger partial charge < -0.3 is 14.4 Å². The van der Waals surface area contributed by atoms with Gasteiger partial charge in [0.25, 0.3) is 0 Å². The van der Waals surface area contributed by atoms with Gasteiger partial charge in [0.05, 0.1) is 30.9 Å². The zero-order valence-corrected chi connectivity index (χ0v) is 14.4. The van der Waals surface area contributed by atoms with Crippen molar-refractivity contribution >= 4 is 23.6 Å². The average Bonchev–Trinajstić information content (AvgIpc) is 2.49. The first kappa shape index (κ1) is 18.5. The molecular formula is C16H24ClN3O2. The van der Waals surface area contributed by atoms with E-state index in [9.17, 15) is 0 Å². The summed E-state index contributed by atoms with van der Waals surface area (Å²) >= 11 is 6.22. The minimum Gasteiger partial charge on any atom is -0.471 e. The van der Waals surface area contributed by atoms with Crippen molar-refractivity contribution in [2.24, 2.45) is 4.99 Å². The van der Waals surface area contributed by atoms with Crippen molar-refractivity contribution in [1.29, 1.82) is 0 Å². The minimum atomic E-state index is -0.148. The van der Waals surface area contributed by atoms with Crippen molar-refractivity contribution in [3.63, 3.8) is 0 Å². The van der Waals surface area contributed by atoms with Gasteiger partial charge >= 0.3 is 0 Å². The highest BCUT2D eigenvalue weighted by Crippen LogP contribution is 2.29. The lowest BCUT2D eigenvalue weighted by Crippen LogP contribution is -2.20. The van der Waals surface area contributed by atoms with Gasteiger partial charge in [0, 0.05) is 13.6 Å². The summed E-state index contributed by atoms with van der Waals surface area (Å²) in [5, 5.41) is 0.437. The second-order valence-corrected chi connectivity index (χ2v) is 5.36. The quantitative estimate of drug-likeness (QED) is 0.301. The van der Waals surface area contributed by atoms with Gasteiger partial charge in [0.1, 0.15) is 11.1 Å². The zero-order valence-electron chi connectivity index (χ0n) is 13.7. The van der Waals surface area contributed by atoms with Crippen LogP contribution in [-0.4, -0.2) is 49.1 Å². The van der Waals surface area contributed by atoms with Crippen LogP contribution >= 0.6 is 11.6 Å². The SMILES string of the molecule is C=CCOCC(C)Oc1nc(C)c(/N=C/N(C)CC)cc1Cl. The number of hydrogen-bond acceptors (Lipinski definition) is 4. The highest BCUT2D eigenvalue weighted by molar-refractivity contribution is 6.32. The van der Waals surface area contributed by atoms with Crippen molar-refractivity contribution < 1.29 is 9.47 Å². The van der Waals surface area contributed by atoms with Crippen LogP contribution in [0.15, 0.2) is 23.7 Å². The fourth-order valence-corrected chi connectivity index (χ4v) is 1.74. The van der Waals surface area contributed by atoms with E-state index in [0.29, 0.717) is 24.1 Å². The molecule has 0 aliphatic carbocycles. The maximum atomic E-state index is 6.22. The van der Waals surface area contributed by atoms with E-state index in [1.807, 2.05) is 25.8 Å². The number of nitrogens with zero attached hydrogens (tertiary/aromatic N) is 3. The van der Waals surface area contributed by atoms with Gasteiger partial charge in [-0.2, -0.15) is 0 Å². The first-order valence-electron chi connectivity index (χ1n) is 7.24. The van der Waals surface area contributed by atoms with Crippen molar-refractivity contribution in [3.05, 3.63) is 29.4 Å². The number of hydrogen-bond donors (Lipinski definition) is 0. The Balaban J connectivity index is 2.76. The third-order valence-corrected chi connectivity index (χ3v) is 3.17. The van der Waals surface area contributed by atoms with Crippen LogP contribution in [-0.2, 0) is 4.74 Å². The second kappa shape index (κ2) is 9.43. The smallest absolute Gasteiger partial charge is 0.233 e. The highest BCUT2D eigenvalue weighted by atomic mass is 35.5. The molecule has 5 nitrogen and oxygen atoms in total. The third-order valence-electron chi connectivity index (χ3n) is 2.90. The molecule has 0 spiro atoms. The fourth-order valence-electron chi connectivity index (χ4n) is 1.55. The first-order chi connectivity index (χ1) is 10.5. The van der Waals surface area contributed by atoms with E-state index in [-0.39, 0.29) is 6.10 Å². The zero-order chi connectivity index (χ0) is 16.5. The lowest BCUT2D eigenvalue weighted by molar-refractivity contribution is 0.0711. The van der Waals surface area contributed by atoms with E-state index in [2.05, 4.69) is 23.5 Å². The molecule has 0 radical (unpaired) electrons. The van der Waals surface area contributed by atoms with Crippen LogP contribution in [0.4, 0.5) is 5.69 Å². The molecule has 1 aromatic heterocycles. The maximum Gasteiger partial charge on any atom is 0.233 e. The number of aromatic nitrogens is 1. The number of rotatable bonds is 9. The molecule has 0 aromatic carbocycles. The molecule has 1 heterocycles. The molecule has 0 saturated heterocycles. The number of ether oxygens (including phenoxy) is 2. The summed E-state index contributed by atoms with van der Waals surface area (Å²) in [6.45, 7) is 11.2. The molecule has 22 heavy (non-hydrogen) atoms. The predicted molar refractivity (Wildman–Crippen MR) is 91.5 cm³/mol. The molecule has 1 atom stereocenters. The minimum absolute atomic E-state index is 0.148. The summed E-state index contributed by atoms with van der Waals surface area (Å²) in [4.78, 5) is 10.7. The monoisotopic (exact) mass is 325 g/mol. The molecule has 0 amide bonds. The molecular weight excluding hydrogens is 302 g/mol. The summed E-state index contributed by atoms with van der Waals surface area (Å²) in [5.41, 5.74) is 1.49. The largest absolute Gasteiger partial charge is 0.471 e. The standard InChI is InChI=1S/C16H24ClN3O2/c1-6-8-21-10-12(3)22-16-14(17)9-15(13(4)19-16)18-11-20(5)7-2/h6,9,11-12H,1,7-8,10H2,2-5H3/b18-11+. The summed E-state index contributed by atoms with van der Waals surface area (Å²) in [7, 11) is 1.95. The number of aliphatic imine (C=N–C) groups is 1. The number of halogens is 1. The molecule has 0 aliphatic heterocycles. The number of aryl methyl sites for hydroxylation is 1. The Bertz CT molecular complexity index is 520. The lowest BCUT2D eigenvalue weighted by atomic mass is 10.3. The molecule has 0 fully saturated rings. The van der Waals surface area contributed by atoms with Crippen LogP contribution in [0.5, 0.6) is 5.88 Å². The first-order valence-corrected chi connectivity index (χ1v) is 7.62. The topological polar surface area (TPSA) is 47.0 Å². The van der Waals surface area contributed by atoms with Crippen LogP contribution in [0.3, 0.4) is 0 Å². The molecule has 0 N–H and O–H groups in total. The normalized spacial score (nSPS) is 12.4. The molecule has 122 valence electrons. The second-order valence-electron chi connectivity index (χ2n) is 4.95. The molecule has 1 rings (SSSR count). The van der Waals surface area contributed by atoms with E-state index < -0.39 is 0 Å². The maximum absolute atomic E-state index is 6.22. The number of pyridine rings is 1. The summed E-state index contributed by atoms with van der Waals surface area (Å²) in [6, 6.07) is 1.76. The molecule has 0 saturated carbocycles. The summed E-state index contributed by atoms with van der Waals surface area (Å²) in [6.07, 6.45) is 3.30. The van der Waals surface area contributed by atoms with Crippen molar-refractivity contribution in [2.45, 2.75) is 26.9 Å². The van der Waals surface area contributed by atoms with Crippen LogP contribution in [0.1, 0.15) is 19.5 Å². The van der Waals surface area contributed by atoms with E-state index in [1.54, 1.807) is 18.5 Å². The Morgan fingerprint density at radius 3 is 2.91 bits per heavy atom. The van der Waals surface area contributed by atoms with Gasteiger partial charge in [-0.25, -0.2) is 9.98 Å². The van der Waals surface area contributed by atoms with Gasteiger partial charge in [-0.15, -0.1) is 6.58 Å². The van der Waals surface area contributed by atoms with Gasteiger partial charge in [0.15, 0.2) is 0 Å². The van der Waals surface area contributed by atoms with Crippen LogP contribution < -0.4 is 4.74 Å². The molecule has 0 aliphatic rings. The van der Waals surface area contributed by atoms with E-state index in [0.717, 1.165) is 17.9 Å². The van der Waals surface area contributed by atoms with Crippen molar-refractivity contribution in [2.75, 3.05) is 26.8 Å². The molecule has 0 bridgehead atoms. The Hall–Kier alpha value is -1.59. The lowest BCUT2D eigenvalue weighted by Gasteiger charge is -2.15. The van der Waals surface area contributed by atoms with Crippen molar-refractivity contribution in [1.82, 2.24) is 9.88 Å². The fraction of sp³-hybridized carbons (Fsp3) is 0.500. The molecule has 1 unspecified atom stereocenters. The van der Waals surface area contributed by atoms with E-state index >= 15 is 0 Å². The van der Waals surface area contributed by atoms with Gasteiger partial charge in [-0.3, -0.25) is 0 Å². The Morgan fingerprint density at radius 2 is 2.27 bits per heavy atom. The molecule has 1 aromatic rings. The van der Waals surface area contributed by atoms with Gasteiger partial charge in [0.2, 0.25) is 5.88 Å². The predicted octanol–water partition coefficient (Wildman–Crippen LogP) is 3.62. The van der Waals surface area contributed by atoms with Crippen molar-refractivity contribution in [3.8, 4) is 5.88 Å². The van der Waals surface area contributed by atoms with Crippen LogP contribution in [0.2, 0.25) is 5.02 Å². The Kier molecular flexibility index (Phi) is 7.91. The van der Waals surface area contributed by atoms with Gasteiger partial charge in [-0.05, 0) is 26.8 Å². The third kappa shape index (κ3) is 6.03. The van der Waals surface area contributed by atoms with E-state index in [4.69, 9.17) is 21.1 Å². The summed E-state index contributed by atoms with van der Waals surface area (Å²) in [5.74, 6) is 0.400. The summed E-state index contributed by atoms with van der Waals surface area (Å²) < 4.78 is 11.1. The highest BCUT2D eigenvalue weighted by Gasteiger charge is 2.12. The van der Waals surface area contributed by atoms with Gasteiger partial charge in [-0.1, -0.05) is 17.7 Å². The molecule has 6 heteroatoms. The van der Waals surface area contributed by atoms with Crippen LogP contribution in [0, 0.1) is 6.92 Å².